The van der Waals surface area contributed by atoms with E-state index >= 15 is 0 Å². The summed E-state index contributed by atoms with van der Waals surface area (Å²) in [5, 5.41) is 11.2. The second kappa shape index (κ2) is 7.20. The molecule has 1 saturated carbocycles. The van der Waals surface area contributed by atoms with E-state index in [-0.39, 0.29) is 18.6 Å². The number of nitrogens with one attached hydrogen (secondary N) is 1. The van der Waals surface area contributed by atoms with Gasteiger partial charge in [0.15, 0.2) is 11.5 Å². The number of nitrogens with zero attached hydrogens (tertiary/aromatic N) is 2. The van der Waals surface area contributed by atoms with Gasteiger partial charge in [-0.15, -0.1) is 22.0 Å². The number of fused-ring (bicyclic) bond motifs is 1. The average Bonchev–Trinajstić information content (AvgIpc) is 3.28. The zero-order chi connectivity index (χ0) is 18.9. The predicted octanol–water partition coefficient (Wildman–Crippen LogP) is 4.11. The Labute approximate surface area is 165 Å². The number of rotatable bonds is 6. The van der Waals surface area contributed by atoms with Crippen LogP contribution in [0.5, 0.6) is 11.5 Å². The van der Waals surface area contributed by atoms with Crippen LogP contribution in [0.15, 0.2) is 51.8 Å². The number of hydrogen-bond acceptors (Lipinski definition) is 7. The molecular weight excluding hydrogens is 378 g/mol. The number of thioether (sulfide) groups is 1. The summed E-state index contributed by atoms with van der Waals surface area (Å²) in [7, 11) is 0. The highest BCUT2D eigenvalue weighted by Crippen LogP contribution is 2.36. The van der Waals surface area contributed by atoms with Crippen LogP contribution in [0.2, 0.25) is 0 Å². The van der Waals surface area contributed by atoms with Crippen LogP contribution in [0.1, 0.15) is 18.7 Å². The molecule has 5 rings (SSSR count). The van der Waals surface area contributed by atoms with Crippen molar-refractivity contribution in [1.82, 2.24) is 10.2 Å². The van der Waals surface area contributed by atoms with Crippen LogP contribution in [0, 0.1) is 5.92 Å². The van der Waals surface area contributed by atoms with Crippen LogP contribution >= 0.6 is 11.8 Å². The number of aromatic nitrogens is 2. The van der Waals surface area contributed by atoms with Gasteiger partial charge in [-0.05, 0) is 55.3 Å². The highest BCUT2D eigenvalue weighted by atomic mass is 32.2. The molecule has 0 bridgehead atoms. The van der Waals surface area contributed by atoms with Crippen LogP contribution in [0.3, 0.4) is 0 Å². The maximum absolute atomic E-state index is 11.8. The van der Waals surface area contributed by atoms with E-state index in [1.807, 2.05) is 42.5 Å². The van der Waals surface area contributed by atoms with Gasteiger partial charge in [0.2, 0.25) is 24.5 Å². The topological polar surface area (TPSA) is 86.5 Å². The van der Waals surface area contributed by atoms with E-state index in [4.69, 9.17) is 13.9 Å². The van der Waals surface area contributed by atoms with Crippen molar-refractivity contribution < 1.29 is 18.7 Å². The van der Waals surface area contributed by atoms with Gasteiger partial charge in [0.1, 0.15) is 0 Å². The van der Waals surface area contributed by atoms with Crippen molar-refractivity contribution in [2.45, 2.75) is 23.5 Å². The van der Waals surface area contributed by atoms with Gasteiger partial charge in [-0.1, -0.05) is 0 Å². The van der Waals surface area contributed by atoms with E-state index in [1.54, 1.807) is 11.8 Å². The Morgan fingerprint density at radius 2 is 1.89 bits per heavy atom. The van der Waals surface area contributed by atoms with Crippen LogP contribution in [0.4, 0.5) is 5.69 Å². The van der Waals surface area contributed by atoms with Gasteiger partial charge >= 0.3 is 0 Å². The Morgan fingerprint density at radius 1 is 1.07 bits per heavy atom. The molecule has 0 radical (unpaired) electrons. The normalized spacial score (nSPS) is 14.9. The first kappa shape index (κ1) is 17.1. The molecule has 1 N–H and O–H groups in total. The number of benzene rings is 2. The molecule has 1 aromatic heterocycles. The quantitative estimate of drug-likeness (QED) is 0.629. The maximum Gasteiger partial charge on any atom is 0.247 e. The number of carbonyl (C=O) groups is 1. The summed E-state index contributed by atoms with van der Waals surface area (Å²) < 4.78 is 16.5. The van der Waals surface area contributed by atoms with Gasteiger partial charge in [-0.2, -0.15) is 0 Å². The summed E-state index contributed by atoms with van der Waals surface area (Å²) in [6.07, 6.45) is 2.00. The lowest BCUT2D eigenvalue weighted by Gasteiger charge is -2.05. The molecule has 28 heavy (non-hydrogen) atoms. The Kier molecular flexibility index (Phi) is 4.40. The minimum Gasteiger partial charge on any atom is -0.454 e. The highest BCUT2D eigenvalue weighted by Gasteiger charge is 2.29. The summed E-state index contributed by atoms with van der Waals surface area (Å²) in [5.41, 5.74) is 1.62. The van der Waals surface area contributed by atoms with Crippen LogP contribution in [-0.4, -0.2) is 22.9 Å². The second-order valence-electron chi connectivity index (χ2n) is 6.65. The lowest BCUT2D eigenvalue weighted by atomic mass is 10.2. The Bertz CT molecular complexity index is 1010. The maximum atomic E-state index is 11.8. The second-order valence-corrected chi connectivity index (χ2v) is 7.69. The Morgan fingerprint density at radius 3 is 2.71 bits per heavy atom. The van der Waals surface area contributed by atoms with E-state index in [9.17, 15) is 4.79 Å². The third kappa shape index (κ3) is 3.68. The highest BCUT2D eigenvalue weighted by molar-refractivity contribution is 7.98. The van der Waals surface area contributed by atoms with E-state index in [0.717, 1.165) is 34.7 Å². The molecule has 7 nitrogen and oxygen atoms in total. The molecule has 2 heterocycles. The van der Waals surface area contributed by atoms with E-state index in [2.05, 4.69) is 15.5 Å². The third-order valence-corrected chi connectivity index (χ3v) is 5.52. The number of carbonyl (C=O) groups excluding carboxylic acids is 1. The van der Waals surface area contributed by atoms with Crippen LogP contribution < -0.4 is 14.8 Å². The minimum absolute atomic E-state index is 0.113. The number of hydrogen-bond donors (Lipinski definition) is 1. The first-order chi connectivity index (χ1) is 13.7. The molecular formula is C20H17N3O4S. The molecule has 8 heteroatoms. The summed E-state index contributed by atoms with van der Waals surface area (Å²) in [4.78, 5) is 12.9. The van der Waals surface area contributed by atoms with Crippen molar-refractivity contribution in [1.29, 1.82) is 0 Å². The first-order valence-electron chi connectivity index (χ1n) is 9.01. The monoisotopic (exact) mass is 395 g/mol. The van der Waals surface area contributed by atoms with Crippen molar-refractivity contribution in [3.05, 3.63) is 48.4 Å². The molecule has 0 unspecified atom stereocenters. The van der Waals surface area contributed by atoms with Gasteiger partial charge in [0.05, 0.1) is 5.75 Å². The lowest BCUT2D eigenvalue weighted by Crippen LogP contribution is -2.12. The van der Waals surface area contributed by atoms with Gasteiger partial charge in [0.25, 0.3) is 0 Å². The molecule has 1 fully saturated rings. The van der Waals surface area contributed by atoms with Crippen molar-refractivity contribution in [3.63, 3.8) is 0 Å². The predicted molar refractivity (Wildman–Crippen MR) is 103 cm³/mol. The van der Waals surface area contributed by atoms with Gasteiger partial charge in [0, 0.05) is 22.1 Å². The summed E-state index contributed by atoms with van der Waals surface area (Å²) >= 11 is 1.59. The first-order valence-corrected chi connectivity index (χ1v) is 9.99. The van der Waals surface area contributed by atoms with E-state index < -0.39 is 0 Å². The largest absolute Gasteiger partial charge is 0.454 e. The van der Waals surface area contributed by atoms with Gasteiger partial charge in [-0.3, -0.25) is 4.79 Å². The fraction of sp³-hybridized carbons (Fsp3) is 0.250. The Balaban J connectivity index is 1.20. The number of anilines is 1. The molecule has 1 aliphatic carbocycles. The SMILES string of the molecule is O=C(Nc1ccc(SCc2nnc(-c3ccc4c(c3)OCO4)o2)cc1)C1CC1. The molecule has 1 amide bonds. The minimum atomic E-state index is 0.113. The summed E-state index contributed by atoms with van der Waals surface area (Å²) in [5.74, 6) is 3.27. The standard InChI is InChI=1S/C20H17N3O4S/c24-19(12-1-2-12)21-14-4-6-15(7-5-14)28-10-18-22-23-20(27-18)13-3-8-16-17(9-13)26-11-25-16/h3-9,12H,1-2,10-11H2,(H,21,24). The summed E-state index contributed by atoms with van der Waals surface area (Å²) in [6.45, 7) is 0.230. The number of amides is 1. The van der Waals surface area contributed by atoms with Crippen LogP contribution in [0.25, 0.3) is 11.5 Å². The smallest absolute Gasteiger partial charge is 0.247 e. The molecule has 2 aromatic carbocycles. The van der Waals surface area contributed by atoms with Crippen molar-refractivity contribution >= 4 is 23.4 Å². The average molecular weight is 395 g/mol. The number of ether oxygens (including phenoxy) is 2. The zero-order valence-corrected chi connectivity index (χ0v) is 15.7. The molecule has 0 saturated heterocycles. The molecule has 0 spiro atoms. The van der Waals surface area contributed by atoms with Gasteiger partial charge < -0.3 is 19.2 Å². The summed E-state index contributed by atoms with van der Waals surface area (Å²) in [6, 6.07) is 13.3. The van der Waals surface area contributed by atoms with Crippen molar-refractivity contribution in [2.75, 3.05) is 12.1 Å². The van der Waals surface area contributed by atoms with Gasteiger partial charge in [-0.25, -0.2) is 0 Å². The fourth-order valence-corrected chi connectivity index (χ4v) is 3.56. The molecule has 2 aliphatic rings. The third-order valence-electron chi connectivity index (χ3n) is 4.52. The molecule has 0 atom stereocenters. The zero-order valence-electron chi connectivity index (χ0n) is 14.9. The van der Waals surface area contributed by atoms with Crippen molar-refractivity contribution in [3.8, 4) is 23.0 Å². The molecule has 1 aliphatic heterocycles. The fourth-order valence-electron chi connectivity index (χ4n) is 2.83. The van der Waals surface area contributed by atoms with E-state index in [1.165, 1.54) is 0 Å². The van der Waals surface area contributed by atoms with E-state index in [0.29, 0.717) is 23.3 Å². The Hall–Kier alpha value is -3.00. The molecule has 142 valence electrons. The van der Waals surface area contributed by atoms with Crippen LogP contribution in [-0.2, 0) is 10.5 Å². The lowest BCUT2D eigenvalue weighted by molar-refractivity contribution is -0.117. The molecule has 3 aromatic rings. The van der Waals surface area contributed by atoms with Crippen molar-refractivity contribution in [2.24, 2.45) is 5.92 Å².